The molecule has 1 fully saturated rings. The summed E-state index contributed by atoms with van der Waals surface area (Å²) in [6.07, 6.45) is 0. The fourth-order valence-electron chi connectivity index (χ4n) is 4.20. The molecule has 7 heteroatoms. The highest BCUT2D eigenvalue weighted by Crippen LogP contribution is 2.21. The van der Waals surface area contributed by atoms with Crippen LogP contribution >= 0.6 is 0 Å². The fourth-order valence-corrected chi connectivity index (χ4v) is 5.60. The maximum absolute atomic E-state index is 13.4. The Morgan fingerprint density at radius 2 is 1.45 bits per heavy atom. The predicted molar refractivity (Wildman–Crippen MR) is 130 cm³/mol. The molecule has 0 saturated carbocycles. The molecule has 6 nitrogen and oxygen atoms in total. The van der Waals surface area contributed by atoms with Crippen LogP contribution in [0.3, 0.4) is 0 Å². The molecule has 0 radical (unpaired) electrons. The van der Waals surface area contributed by atoms with E-state index in [2.05, 4.69) is 17.0 Å². The van der Waals surface area contributed by atoms with Gasteiger partial charge in [-0.15, -0.1) is 0 Å². The number of piperazine rings is 1. The molecule has 0 N–H and O–H groups in total. The monoisotopic (exact) mass is 463 g/mol. The van der Waals surface area contributed by atoms with Gasteiger partial charge in [0.15, 0.2) is 0 Å². The quantitative estimate of drug-likeness (QED) is 0.537. The van der Waals surface area contributed by atoms with Gasteiger partial charge in [-0.2, -0.15) is 4.31 Å². The van der Waals surface area contributed by atoms with Crippen LogP contribution in [0.4, 0.5) is 5.69 Å². The number of hydrogen-bond acceptors (Lipinski definition) is 4. The third kappa shape index (κ3) is 5.43. The van der Waals surface area contributed by atoms with Crippen molar-refractivity contribution in [3.63, 3.8) is 0 Å². The van der Waals surface area contributed by atoms with E-state index < -0.39 is 10.0 Å². The maximum atomic E-state index is 13.4. The third-order valence-electron chi connectivity index (χ3n) is 5.96. The lowest BCUT2D eigenvalue weighted by Gasteiger charge is -2.41. The number of carbonyl (C=O) groups is 1. The SMILES string of the molecule is CC1CN(c2ccccc2)CCN1C(=O)CN(Cc1ccccc1)S(=O)(=O)c1ccccc1. The van der Waals surface area contributed by atoms with Gasteiger partial charge >= 0.3 is 0 Å². The van der Waals surface area contributed by atoms with Gasteiger partial charge in [0, 0.05) is 37.9 Å². The second-order valence-electron chi connectivity index (χ2n) is 8.29. The van der Waals surface area contributed by atoms with Crippen molar-refractivity contribution in [3.05, 3.63) is 96.6 Å². The Hall–Kier alpha value is -3.16. The lowest BCUT2D eigenvalue weighted by Crippen LogP contribution is -2.56. The van der Waals surface area contributed by atoms with E-state index in [0.717, 1.165) is 11.3 Å². The summed E-state index contributed by atoms with van der Waals surface area (Å²) >= 11 is 0. The number of sulfonamides is 1. The predicted octanol–water partition coefficient (Wildman–Crippen LogP) is 3.61. The average molecular weight is 464 g/mol. The number of benzene rings is 3. The van der Waals surface area contributed by atoms with Crippen LogP contribution in [0.5, 0.6) is 0 Å². The van der Waals surface area contributed by atoms with Crippen LogP contribution in [0, 0.1) is 0 Å². The van der Waals surface area contributed by atoms with Gasteiger partial charge in [-0.1, -0.05) is 66.7 Å². The minimum atomic E-state index is -3.83. The average Bonchev–Trinajstić information content (AvgIpc) is 2.85. The molecule has 1 saturated heterocycles. The number of anilines is 1. The van der Waals surface area contributed by atoms with Gasteiger partial charge in [0.25, 0.3) is 0 Å². The standard InChI is InChI=1S/C26H29N3O3S/c1-22-19-27(24-13-7-3-8-14-24)17-18-29(22)26(30)21-28(20-23-11-5-2-6-12-23)33(31,32)25-15-9-4-10-16-25/h2-16,22H,17-21H2,1H3. The van der Waals surface area contributed by atoms with Crippen molar-refractivity contribution in [2.45, 2.75) is 24.4 Å². The Bertz CT molecular complexity index is 1160. The molecule has 1 atom stereocenters. The summed E-state index contributed by atoms with van der Waals surface area (Å²) in [4.78, 5) is 17.6. The summed E-state index contributed by atoms with van der Waals surface area (Å²) in [7, 11) is -3.83. The number of carbonyl (C=O) groups excluding carboxylic acids is 1. The van der Waals surface area contributed by atoms with Crippen molar-refractivity contribution in [2.24, 2.45) is 0 Å². The summed E-state index contributed by atoms with van der Waals surface area (Å²) in [5, 5.41) is 0. The Kier molecular flexibility index (Phi) is 7.11. The molecule has 3 aromatic carbocycles. The van der Waals surface area contributed by atoms with Gasteiger partial charge in [0.1, 0.15) is 0 Å². The smallest absolute Gasteiger partial charge is 0.243 e. The fraction of sp³-hybridized carbons (Fsp3) is 0.269. The highest BCUT2D eigenvalue weighted by molar-refractivity contribution is 7.89. The molecular weight excluding hydrogens is 434 g/mol. The second kappa shape index (κ2) is 10.2. The lowest BCUT2D eigenvalue weighted by atomic mass is 10.1. The summed E-state index contributed by atoms with van der Waals surface area (Å²) in [5.74, 6) is -0.175. The largest absolute Gasteiger partial charge is 0.368 e. The highest BCUT2D eigenvalue weighted by atomic mass is 32.2. The third-order valence-corrected chi connectivity index (χ3v) is 7.77. The first kappa shape index (κ1) is 23.0. The summed E-state index contributed by atoms with van der Waals surface area (Å²) < 4.78 is 28.1. The van der Waals surface area contributed by atoms with Gasteiger partial charge < -0.3 is 9.80 Å². The molecular formula is C26H29N3O3S. The molecule has 4 rings (SSSR count). The van der Waals surface area contributed by atoms with Crippen LogP contribution in [0.15, 0.2) is 95.9 Å². The van der Waals surface area contributed by atoms with E-state index in [0.29, 0.717) is 19.6 Å². The molecule has 0 spiro atoms. The van der Waals surface area contributed by atoms with E-state index in [1.165, 1.54) is 4.31 Å². The molecule has 0 bridgehead atoms. The second-order valence-corrected chi connectivity index (χ2v) is 10.2. The first-order chi connectivity index (χ1) is 15.9. The molecule has 1 heterocycles. The van der Waals surface area contributed by atoms with Crippen molar-refractivity contribution in [3.8, 4) is 0 Å². The summed E-state index contributed by atoms with van der Waals surface area (Å²) in [6.45, 7) is 3.94. The zero-order chi connectivity index (χ0) is 23.3. The van der Waals surface area contributed by atoms with E-state index >= 15 is 0 Å². The maximum Gasteiger partial charge on any atom is 0.243 e. The first-order valence-corrected chi connectivity index (χ1v) is 12.6. The number of para-hydroxylation sites is 1. The molecule has 0 aromatic heterocycles. The van der Waals surface area contributed by atoms with Crippen molar-refractivity contribution in [1.82, 2.24) is 9.21 Å². The highest BCUT2D eigenvalue weighted by Gasteiger charge is 2.32. The van der Waals surface area contributed by atoms with E-state index in [9.17, 15) is 13.2 Å². The van der Waals surface area contributed by atoms with Gasteiger partial charge in [-0.3, -0.25) is 4.79 Å². The minimum Gasteiger partial charge on any atom is -0.368 e. The first-order valence-electron chi connectivity index (χ1n) is 11.1. The van der Waals surface area contributed by atoms with Gasteiger partial charge in [0.2, 0.25) is 15.9 Å². The molecule has 1 aliphatic rings. The van der Waals surface area contributed by atoms with Gasteiger partial charge in [-0.05, 0) is 36.8 Å². The lowest BCUT2D eigenvalue weighted by molar-refractivity contribution is -0.133. The molecule has 3 aromatic rings. The van der Waals surface area contributed by atoms with Crippen molar-refractivity contribution < 1.29 is 13.2 Å². The van der Waals surface area contributed by atoms with Crippen molar-refractivity contribution in [2.75, 3.05) is 31.1 Å². The van der Waals surface area contributed by atoms with Crippen LogP contribution in [-0.2, 0) is 21.4 Å². The molecule has 0 aliphatic carbocycles. The van der Waals surface area contributed by atoms with Crippen LogP contribution in [0.1, 0.15) is 12.5 Å². The molecule has 1 aliphatic heterocycles. The zero-order valence-electron chi connectivity index (χ0n) is 18.7. The van der Waals surface area contributed by atoms with E-state index in [-0.39, 0.29) is 29.9 Å². The van der Waals surface area contributed by atoms with Gasteiger partial charge in [-0.25, -0.2) is 8.42 Å². The molecule has 1 unspecified atom stereocenters. The van der Waals surface area contributed by atoms with Crippen LogP contribution in [0.2, 0.25) is 0 Å². The number of rotatable bonds is 7. The Morgan fingerprint density at radius 3 is 2.06 bits per heavy atom. The van der Waals surface area contributed by atoms with Crippen molar-refractivity contribution >= 4 is 21.6 Å². The number of nitrogens with zero attached hydrogens (tertiary/aromatic N) is 3. The molecule has 172 valence electrons. The van der Waals surface area contributed by atoms with Gasteiger partial charge in [0.05, 0.1) is 11.4 Å². The van der Waals surface area contributed by atoms with E-state index in [1.807, 2.05) is 55.5 Å². The Balaban J connectivity index is 1.51. The van der Waals surface area contributed by atoms with Crippen LogP contribution < -0.4 is 4.90 Å². The summed E-state index contributed by atoms with van der Waals surface area (Å²) in [6, 6.07) is 27.8. The number of amides is 1. The van der Waals surface area contributed by atoms with E-state index in [4.69, 9.17) is 0 Å². The Labute approximate surface area is 196 Å². The normalized spacial score (nSPS) is 16.7. The Morgan fingerprint density at radius 1 is 0.879 bits per heavy atom. The van der Waals surface area contributed by atoms with Crippen LogP contribution in [-0.4, -0.2) is 55.8 Å². The molecule has 1 amide bonds. The number of hydrogen-bond donors (Lipinski definition) is 0. The van der Waals surface area contributed by atoms with Crippen LogP contribution in [0.25, 0.3) is 0 Å². The topological polar surface area (TPSA) is 60.9 Å². The minimum absolute atomic E-state index is 0.0236. The van der Waals surface area contributed by atoms with Crippen molar-refractivity contribution in [1.29, 1.82) is 0 Å². The molecule has 33 heavy (non-hydrogen) atoms. The van der Waals surface area contributed by atoms with E-state index in [1.54, 1.807) is 35.2 Å². The zero-order valence-corrected chi connectivity index (χ0v) is 19.6. The summed E-state index contributed by atoms with van der Waals surface area (Å²) in [5.41, 5.74) is 1.97.